The minimum Gasteiger partial charge on any atom is -0.322 e. The fraction of sp³-hybridized carbons (Fsp3) is 0.185. The topological polar surface area (TPSA) is 102 Å². The smallest absolute Gasteiger partial charge is 0.257 e. The summed E-state index contributed by atoms with van der Waals surface area (Å²) in [5, 5.41) is 2.92. The van der Waals surface area contributed by atoms with Crippen LogP contribution in [-0.4, -0.2) is 35.5 Å². The van der Waals surface area contributed by atoms with E-state index in [-0.39, 0.29) is 17.6 Å². The average molecular weight is 487 g/mol. The lowest BCUT2D eigenvalue weighted by molar-refractivity contribution is 0.102. The molecule has 0 bridgehead atoms. The van der Waals surface area contributed by atoms with E-state index in [2.05, 4.69) is 22.2 Å². The largest absolute Gasteiger partial charge is 0.322 e. The number of carbonyl (C=O) groups is 1. The van der Waals surface area contributed by atoms with E-state index in [0.717, 1.165) is 33.8 Å². The summed E-state index contributed by atoms with van der Waals surface area (Å²) in [6, 6.07) is 18.6. The van der Waals surface area contributed by atoms with Crippen LogP contribution in [0.1, 0.15) is 40.0 Å². The van der Waals surface area contributed by atoms with Crippen molar-refractivity contribution in [2.24, 2.45) is 0 Å². The van der Waals surface area contributed by atoms with E-state index >= 15 is 0 Å². The molecule has 0 aliphatic rings. The number of nitrogens with one attached hydrogen (secondary N) is 1. The Labute approximate surface area is 205 Å². The quantitative estimate of drug-likeness (QED) is 0.388. The fourth-order valence-corrected chi connectivity index (χ4v) is 4.57. The Bertz CT molecular complexity index is 1420. The minimum absolute atomic E-state index is 0.0122. The summed E-state index contributed by atoms with van der Waals surface area (Å²) in [7, 11) is -3.08. The zero-order valence-electron chi connectivity index (χ0n) is 19.5. The first-order chi connectivity index (χ1) is 16.8. The van der Waals surface area contributed by atoms with Gasteiger partial charge in [0.15, 0.2) is 9.84 Å². The van der Waals surface area contributed by atoms with Gasteiger partial charge in [0, 0.05) is 36.1 Å². The maximum atomic E-state index is 12.4. The van der Waals surface area contributed by atoms with Crippen molar-refractivity contribution in [3.63, 3.8) is 0 Å². The summed E-state index contributed by atoms with van der Waals surface area (Å²) in [6.45, 7) is 2.11. The lowest BCUT2D eigenvalue weighted by Crippen LogP contribution is -2.12. The third kappa shape index (κ3) is 6.80. The molecule has 2 aromatic carbocycles. The summed E-state index contributed by atoms with van der Waals surface area (Å²) in [6.07, 6.45) is 8.52. The van der Waals surface area contributed by atoms with Gasteiger partial charge in [-0.15, -0.1) is 0 Å². The van der Waals surface area contributed by atoms with Gasteiger partial charge in [0.25, 0.3) is 5.91 Å². The van der Waals surface area contributed by atoms with Crippen LogP contribution >= 0.6 is 0 Å². The van der Waals surface area contributed by atoms with Crippen molar-refractivity contribution in [1.82, 2.24) is 15.0 Å². The molecule has 1 atom stereocenters. The molecule has 8 heteroatoms. The van der Waals surface area contributed by atoms with E-state index in [1.165, 1.54) is 12.5 Å². The van der Waals surface area contributed by atoms with Crippen LogP contribution in [0.15, 0.2) is 85.5 Å². The van der Waals surface area contributed by atoms with E-state index in [1.807, 2.05) is 36.4 Å². The van der Waals surface area contributed by atoms with Gasteiger partial charge in [0.2, 0.25) is 0 Å². The van der Waals surface area contributed by atoms with Gasteiger partial charge in [-0.1, -0.05) is 43.3 Å². The molecule has 4 aromatic rings. The molecule has 0 aliphatic heterocycles. The molecule has 4 rings (SSSR count). The van der Waals surface area contributed by atoms with Crippen LogP contribution in [0.25, 0.3) is 11.3 Å². The molecule has 0 unspecified atom stereocenters. The first-order valence-corrected chi connectivity index (χ1v) is 13.2. The number of amides is 1. The Kier molecular flexibility index (Phi) is 7.31. The fourth-order valence-electron chi connectivity index (χ4n) is 3.77. The van der Waals surface area contributed by atoms with Crippen LogP contribution in [0, 0.1) is 0 Å². The average Bonchev–Trinajstić information content (AvgIpc) is 2.84. The highest BCUT2D eigenvalue weighted by atomic mass is 32.2. The molecular formula is C27H26N4O3S. The van der Waals surface area contributed by atoms with Crippen LogP contribution < -0.4 is 5.32 Å². The van der Waals surface area contributed by atoms with E-state index in [0.29, 0.717) is 12.0 Å². The minimum atomic E-state index is -3.08. The summed E-state index contributed by atoms with van der Waals surface area (Å²) in [5.74, 6) is -0.0471. The van der Waals surface area contributed by atoms with Crippen LogP contribution in [0.3, 0.4) is 0 Å². The molecule has 0 saturated carbocycles. The Morgan fingerprint density at radius 1 is 0.971 bits per heavy atom. The Balaban J connectivity index is 1.45. The lowest BCUT2D eigenvalue weighted by Gasteiger charge is -2.14. The maximum Gasteiger partial charge on any atom is 0.257 e. The predicted molar refractivity (Wildman–Crippen MR) is 137 cm³/mol. The second-order valence-electron chi connectivity index (χ2n) is 8.59. The van der Waals surface area contributed by atoms with Gasteiger partial charge in [-0.25, -0.2) is 13.4 Å². The Morgan fingerprint density at radius 3 is 2.49 bits per heavy atom. The highest BCUT2D eigenvalue weighted by Crippen LogP contribution is 2.24. The van der Waals surface area contributed by atoms with Crippen LogP contribution in [0.2, 0.25) is 0 Å². The van der Waals surface area contributed by atoms with E-state index in [1.54, 1.807) is 42.9 Å². The zero-order valence-corrected chi connectivity index (χ0v) is 20.4. The molecule has 0 spiro atoms. The number of hydrogen-bond acceptors (Lipinski definition) is 6. The number of pyridine rings is 1. The number of hydrogen-bond donors (Lipinski definition) is 1. The van der Waals surface area contributed by atoms with Crippen LogP contribution in [-0.2, 0) is 22.0 Å². The third-order valence-electron chi connectivity index (χ3n) is 5.52. The highest BCUT2D eigenvalue weighted by Gasteiger charge is 2.12. The molecule has 0 aliphatic carbocycles. The number of nitrogens with zero attached hydrogens (tertiary/aromatic N) is 3. The van der Waals surface area contributed by atoms with E-state index < -0.39 is 9.84 Å². The molecule has 7 nitrogen and oxygen atoms in total. The Morgan fingerprint density at radius 2 is 1.77 bits per heavy atom. The summed E-state index contributed by atoms with van der Waals surface area (Å²) in [4.78, 5) is 25.6. The molecule has 2 heterocycles. The number of carbonyl (C=O) groups excluding carboxylic acids is 1. The lowest BCUT2D eigenvalue weighted by atomic mass is 9.95. The second-order valence-corrected chi connectivity index (χ2v) is 10.7. The standard InChI is InChI=1S/C27H26N4O3S/c1-19(22-5-3-7-24(14-22)31-27(32)23-6-4-12-28-15-23)13-25-16-29-17-26(30-25)21-10-8-20(9-11-21)18-35(2,33)34/h3-12,14-17,19H,13,18H2,1-2H3,(H,31,32)/t19-/m1/s1. The highest BCUT2D eigenvalue weighted by molar-refractivity contribution is 7.89. The van der Waals surface area contributed by atoms with Gasteiger partial charge in [-0.05, 0) is 47.7 Å². The van der Waals surface area contributed by atoms with Crippen molar-refractivity contribution in [2.45, 2.75) is 25.0 Å². The molecule has 35 heavy (non-hydrogen) atoms. The Hall–Kier alpha value is -3.91. The maximum absolute atomic E-state index is 12.4. The molecular weight excluding hydrogens is 460 g/mol. The number of rotatable bonds is 8. The van der Waals surface area contributed by atoms with Crippen molar-refractivity contribution >= 4 is 21.4 Å². The van der Waals surface area contributed by atoms with Gasteiger partial charge in [-0.3, -0.25) is 14.8 Å². The monoisotopic (exact) mass is 486 g/mol. The molecule has 2 aromatic heterocycles. The number of benzene rings is 2. The molecule has 178 valence electrons. The molecule has 0 fully saturated rings. The SMILES string of the molecule is C[C@H](Cc1cncc(-c2ccc(CS(C)(=O)=O)cc2)n1)c1cccc(NC(=O)c2cccnc2)c1. The predicted octanol–water partition coefficient (Wildman–Crippen LogP) is 4.68. The van der Waals surface area contributed by atoms with Gasteiger partial charge < -0.3 is 5.32 Å². The third-order valence-corrected chi connectivity index (χ3v) is 6.37. The van der Waals surface area contributed by atoms with Crippen LogP contribution in [0.4, 0.5) is 5.69 Å². The summed E-state index contributed by atoms with van der Waals surface area (Å²) in [5.41, 5.74) is 5.50. The molecule has 1 amide bonds. The normalized spacial score (nSPS) is 12.2. The zero-order chi connectivity index (χ0) is 24.8. The molecule has 0 saturated heterocycles. The number of aromatic nitrogens is 3. The number of sulfone groups is 1. The molecule has 0 radical (unpaired) electrons. The number of anilines is 1. The van der Waals surface area contributed by atoms with Crippen LogP contribution in [0.5, 0.6) is 0 Å². The van der Waals surface area contributed by atoms with Gasteiger partial charge in [0.05, 0.1) is 28.9 Å². The summed E-state index contributed by atoms with van der Waals surface area (Å²) >= 11 is 0. The van der Waals surface area contributed by atoms with Crippen molar-refractivity contribution in [1.29, 1.82) is 0 Å². The first kappa shape index (κ1) is 24.2. The first-order valence-electron chi connectivity index (χ1n) is 11.2. The van der Waals surface area contributed by atoms with Crippen molar-refractivity contribution in [3.8, 4) is 11.3 Å². The van der Waals surface area contributed by atoms with Crippen molar-refractivity contribution in [3.05, 3.63) is 108 Å². The molecule has 1 N–H and O–H groups in total. The summed E-state index contributed by atoms with van der Waals surface area (Å²) < 4.78 is 23.0. The van der Waals surface area contributed by atoms with E-state index in [9.17, 15) is 13.2 Å². The van der Waals surface area contributed by atoms with Crippen molar-refractivity contribution in [2.75, 3.05) is 11.6 Å². The van der Waals surface area contributed by atoms with E-state index in [4.69, 9.17) is 4.98 Å². The second kappa shape index (κ2) is 10.6. The van der Waals surface area contributed by atoms with Gasteiger partial charge in [0.1, 0.15) is 0 Å². The van der Waals surface area contributed by atoms with Gasteiger partial charge >= 0.3 is 0 Å². The van der Waals surface area contributed by atoms with Gasteiger partial charge in [-0.2, -0.15) is 0 Å². The van der Waals surface area contributed by atoms with Crippen molar-refractivity contribution < 1.29 is 13.2 Å².